The van der Waals surface area contributed by atoms with Gasteiger partial charge in [0.1, 0.15) is 5.75 Å². The zero-order valence-corrected chi connectivity index (χ0v) is 16.7. The summed E-state index contributed by atoms with van der Waals surface area (Å²) in [6.45, 7) is 4.89. The predicted octanol–water partition coefficient (Wildman–Crippen LogP) is 5.61. The molecule has 1 heterocycles. The molecule has 0 spiro atoms. The van der Waals surface area contributed by atoms with E-state index in [0.717, 1.165) is 22.9 Å². The lowest BCUT2D eigenvalue weighted by atomic mass is 10.1. The van der Waals surface area contributed by atoms with E-state index in [1.54, 1.807) is 12.1 Å². The first-order valence-electron chi connectivity index (χ1n) is 8.66. The first-order chi connectivity index (χ1) is 13.0. The average Bonchev–Trinajstić information content (AvgIpc) is 2.90. The van der Waals surface area contributed by atoms with E-state index in [1.807, 2.05) is 42.5 Å². The molecule has 140 valence electrons. The third kappa shape index (κ3) is 4.73. The van der Waals surface area contributed by atoms with E-state index >= 15 is 0 Å². The Balaban J connectivity index is 1.82. The average molecular weight is 402 g/mol. The summed E-state index contributed by atoms with van der Waals surface area (Å²) in [6.07, 6.45) is 1.72. The molecule has 0 atom stereocenters. The first kappa shape index (κ1) is 19.5. The minimum Gasteiger partial charge on any atom is -0.493 e. The van der Waals surface area contributed by atoms with E-state index in [-0.39, 0.29) is 17.7 Å². The number of amides is 2. The summed E-state index contributed by atoms with van der Waals surface area (Å²) >= 11 is 7.09. The molecule has 0 aliphatic carbocycles. The topological polar surface area (TPSA) is 46.6 Å². The first-order valence-corrected chi connectivity index (χ1v) is 9.85. The molecule has 2 aromatic rings. The maximum absolute atomic E-state index is 12.7. The second-order valence-electron chi connectivity index (χ2n) is 6.60. The Labute approximate surface area is 168 Å². The highest BCUT2D eigenvalue weighted by Gasteiger charge is 2.35. The second-order valence-corrected chi connectivity index (χ2v) is 8.00. The molecule has 0 N–H and O–H groups in total. The zero-order valence-electron chi connectivity index (χ0n) is 15.1. The molecule has 2 aromatic carbocycles. The molecule has 1 saturated heterocycles. The van der Waals surface area contributed by atoms with Crippen LogP contribution in [0.5, 0.6) is 5.75 Å². The molecule has 3 rings (SSSR count). The molecule has 0 aromatic heterocycles. The van der Waals surface area contributed by atoms with Gasteiger partial charge in [0.15, 0.2) is 0 Å². The Hall–Kier alpha value is -2.24. The molecule has 2 amide bonds. The van der Waals surface area contributed by atoms with Crippen LogP contribution in [0.15, 0.2) is 53.4 Å². The van der Waals surface area contributed by atoms with E-state index in [9.17, 15) is 9.59 Å². The Kier molecular flexibility index (Phi) is 6.24. The van der Waals surface area contributed by atoms with Gasteiger partial charge in [0, 0.05) is 10.6 Å². The monoisotopic (exact) mass is 401 g/mol. The quantitative estimate of drug-likeness (QED) is 0.590. The third-order valence-electron chi connectivity index (χ3n) is 3.94. The normalized spacial score (nSPS) is 15.9. The van der Waals surface area contributed by atoms with Crippen molar-refractivity contribution in [1.29, 1.82) is 0 Å². The standard InChI is InChI=1S/C21H20ClNO3S/c1-14(2)13-26-18-10-6-4-7-15(18)11-19-20(24)23(21(25)27-19)12-16-8-3-5-9-17(16)22/h3-11,14H,12-13H2,1-2H3/b19-11+. The van der Waals surface area contributed by atoms with Crippen LogP contribution >= 0.6 is 23.4 Å². The van der Waals surface area contributed by atoms with Crippen molar-refractivity contribution in [2.75, 3.05) is 6.61 Å². The molecule has 0 bridgehead atoms. The fourth-order valence-corrected chi connectivity index (χ4v) is 3.59. The molecule has 6 heteroatoms. The second kappa shape index (κ2) is 8.63. The molecule has 0 radical (unpaired) electrons. The molecule has 1 aliphatic heterocycles. The number of rotatable bonds is 6. The van der Waals surface area contributed by atoms with Crippen molar-refractivity contribution < 1.29 is 14.3 Å². The van der Waals surface area contributed by atoms with Gasteiger partial charge in [-0.2, -0.15) is 0 Å². The smallest absolute Gasteiger partial charge is 0.293 e. The van der Waals surface area contributed by atoms with Crippen molar-refractivity contribution in [3.63, 3.8) is 0 Å². The van der Waals surface area contributed by atoms with E-state index in [2.05, 4.69) is 13.8 Å². The number of benzene rings is 2. The van der Waals surface area contributed by atoms with Crippen LogP contribution in [0.1, 0.15) is 25.0 Å². The molecular formula is C21H20ClNO3S. The molecular weight excluding hydrogens is 382 g/mol. The summed E-state index contributed by atoms with van der Waals surface area (Å²) in [5, 5.41) is 0.236. The van der Waals surface area contributed by atoms with E-state index in [4.69, 9.17) is 16.3 Å². The lowest BCUT2D eigenvalue weighted by Crippen LogP contribution is -2.27. The van der Waals surface area contributed by atoms with Gasteiger partial charge in [0.05, 0.1) is 18.1 Å². The van der Waals surface area contributed by atoms with Crippen LogP contribution in [0.4, 0.5) is 4.79 Å². The largest absolute Gasteiger partial charge is 0.493 e. The van der Waals surface area contributed by atoms with Crippen LogP contribution in [0.3, 0.4) is 0 Å². The van der Waals surface area contributed by atoms with Gasteiger partial charge in [-0.15, -0.1) is 0 Å². The number of carbonyl (C=O) groups is 2. The lowest BCUT2D eigenvalue weighted by Gasteiger charge is -2.13. The van der Waals surface area contributed by atoms with Gasteiger partial charge in [0.2, 0.25) is 0 Å². The van der Waals surface area contributed by atoms with E-state index < -0.39 is 0 Å². The van der Waals surface area contributed by atoms with E-state index in [1.165, 1.54) is 4.90 Å². The van der Waals surface area contributed by atoms with Crippen molar-refractivity contribution in [2.24, 2.45) is 5.92 Å². The van der Waals surface area contributed by atoms with Gasteiger partial charge in [-0.3, -0.25) is 14.5 Å². The zero-order chi connectivity index (χ0) is 19.4. The van der Waals surface area contributed by atoms with Gasteiger partial charge < -0.3 is 4.74 Å². The molecule has 0 unspecified atom stereocenters. The highest BCUT2D eigenvalue weighted by atomic mass is 35.5. The van der Waals surface area contributed by atoms with Crippen LogP contribution in [0.2, 0.25) is 5.02 Å². The summed E-state index contributed by atoms with van der Waals surface area (Å²) in [5.41, 5.74) is 1.52. The van der Waals surface area contributed by atoms with Crippen LogP contribution in [-0.2, 0) is 11.3 Å². The van der Waals surface area contributed by atoms with Crippen molar-refractivity contribution in [3.8, 4) is 5.75 Å². The number of carbonyl (C=O) groups excluding carboxylic acids is 2. The van der Waals surface area contributed by atoms with Crippen molar-refractivity contribution in [3.05, 3.63) is 69.6 Å². The van der Waals surface area contributed by atoms with Crippen LogP contribution in [0, 0.1) is 5.92 Å². The number of thioether (sulfide) groups is 1. The number of halogens is 1. The Bertz CT molecular complexity index is 895. The summed E-state index contributed by atoms with van der Waals surface area (Å²) < 4.78 is 5.83. The van der Waals surface area contributed by atoms with Crippen molar-refractivity contribution in [1.82, 2.24) is 4.90 Å². The predicted molar refractivity (Wildman–Crippen MR) is 110 cm³/mol. The highest BCUT2D eigenvalue weighted by molar-refractivity contribution is 8.18. The summed E-state index contributed by atoms with van der Waals surface area (Å²) in [6, 6.07) is 14.7. The molecule has 4 nitrogen and oxygen atoms in total. The Morgan fingerprint density at radius 2 is 1.81 bits per heavy atom. The SMILES string of the molecule is CC(C)COc1ccccc1/C=C1/SC(=O)N(Cc2ccccc2Cl)C1=O. The van der Waals surface area contributed by atoms with E-state index in [0.29, 0.717) is 28.2 Å². The van der Waals surface area contributed by atoms with Crippen LogP contribution < -0.4 is 4.74 Å². The molecule has 1 fully saturated rings. The number of ether oxygens (including phenoxy) is 1. The van der Waals surface area contributed by atoms with Crippen molar-refractivity contribution >= 4 is 40.6 Å². The van der Waals surface area contributed by atoms with Crippen molar-refractivity contribution in [2.45, 2.75) is 20.4 Å². The molecule has 1 aliphatic rings. The summed E-state index contributed by atoms with van der Waals surface area (Å²) in [4.78, 5) is 26.7. The molecule has 0 saturated carbocycles. The maximum atomic E-state index is 12.7. The minimum atomic E-state index is -0.316. The van der Waals surface area contributed by atoms with Gasteiger partial charge in [-0.25, -0.2) is 0 Å². The van der Waals surface area contributed by atoms with Gasteiger partial charge in [-0.05, 0) is 41.5 Å². The number of hydrogen-bond donors (Lipinski definition) is 0. The summed E-state index contributed by atoms with van der Waals surface area (Å²) in [5.74, 6) is 0.772. The number of hydrogen-bond acceptors (Lipinski definition) is 4. The molecule has 27 heavy (non-hydrogen) atoms. The Morgan fingerprint density at radius 3 is 2.56 bits per heavy atom. The maximum Gasteiger partial charge on any atom is 0.293 e. The lowest BCUT2D eigenvalue weighted by molar-refractivity contribution is -0.123. The fourth-order valence-electron chi connectivity index (χ4n) is 2.56. The fraction of sp³-hybridized carbons (Fsp3) is 0.238. The number of para-hydroxylation sites is 1. The van der Waals surface area contributed by atoms with Gasteiger partial charge >= 0.3 is 0 Å². The van der Waals surface area contributed by atoms with Crippen LogP contribution in [0.25, 0.3) is 6.08 Å². The van der Waals surface area contributed by atoms with Crippen LogP contribution in [-0.4, -0.2) is 22.7 Å². The third-order valence-corrected chi connectivity index (χ3v) is 5.21. The number of nitrogens with zero attached hydrogens (tertiary/aromatic N) is 1. The Morgan fingerprint density at radius 1 is 1.11 bits per heavy atom. The number of imide groups is 1. The highest BCUT2D eigenvalue weighted by Crippen LogP contribution is 2.35. The summed E-state index contributed by atoms with van der Waals surface area (Å²) in [7, 11) is 0. The van der Waals surface area contributed by atoms with Gasteiger partial charge in [-0.1, -0.05) is 61.8 Å². The van der Waals surface area contributed by atoms with Gasteiger partial charge in [0.25, 0.3) is 11.1 Å². The minimum absolute atomic E-state index is 0.160.